The first-order valence-corrected chi connectivity index (χ1v) is 8.10. The van der Waals surface area contributed by atoms with Crippen molar-refractivity contribution in [3.8, 4) is 0 Å². The van der Waals surface area contributed by atoms with Gasteiger partial charge in [0.25, 0.3) is 0 Å². The molecule has 0 aromatic rings. The summed E-state index contributed by atoms with van der Waals surface area (Å²) >= 11 is 0. The molecule has 2 fully saturated rings. The highest BCUT2D eigenvalue weighted by atomic mass is 127. The molecule has 0 atom stereocenters. The van der Waals surface area contributed by atoms with Crippen LogP contribution in [0.2, 0.25) is 0 Å². The van der Waals surface area contributed by atoms with Crippen LogP contribution >= 0.6 is 24.0 Å². The Morgan fingerprint density at radius 3 is 2.57 bits per heavy atom. The monoisotopic (exact) mass is 411 g/mol. The Balaban J connectivity index is 0.00000220. The van der Waals surface area contributed by atoms with Gasteiger partial charge in [0.2, 0.25) is 0 Å². The van der Waals surface area contributed by atoms with Gasteiger partial charge in [-0.05, 0) is 32.1 Å². The first-order chi connectivity index (χ1) is 9.84. The quantitative estimate of drug-likeness (QED) is 0.305. The standard InChI is InChI=1S/C15H29N3O2.HI/c16-15(18-13-5-2-1-3-6-13)17-9-4-10-20-14-7-11-19-12-8-14;/h13-14H,1-12H2,(H3,16,17,18);1H. The predicted molar refractivity (Wildman–Crippen MR) is 96.3 cm³/mol. The Hall–Kier alpha value is -0.0800. The van der Waals surface area contributed by atoms with Crippen LogP contribution in [0, 0.1) is 0 Å². The highest BCUT2D eigenvalue weighted by molar-refractivity contribution is 14.0. The SMILES string of the molecule is I.NC(=NCCCOC1CCOCC1)NC1CCCCC1. The number of nitrogens with zero attached hydrogens (tertiary/aromatic N) is 1. The summed E-state index contributed by atoms with van der Waals surface area (Å²) in [5, 5.41) is 3.33. The molecule has 1 aliphatic carbocycles. The number of hydrogen-bond donors (Lipinski definition) is 2. The van der Waals surface area contributed by atoms with E-state index in [4.69, 9.17) is 15.2 Å². The van der Waals surface area contributed by atoms with Crippen molar-refractivity contribution < 1.29 is 9.47 Å². The summed E-state index contributed by atoms with van der Waals surface area (Å²) in [7, 11) is 0. The maximum atomic E-state index is 5.91. The molecule has 2 aliphatic rings. The topological polar surface area (TPSA) is 68.9 Å². The van der Waals surface area contributed by atoms with Gasteiger partial charge in [0.1, 0.15) is 0 Å². The molecule has 0 amide bonds. The van der Waals surface area contributed by atoms with Crippen molar-refractivity contribution in [3.05, 3.63) is 0 Å². The van der Waals surface area contributed by atoms with E-state index >= 15 is 0 Å². The van der Waals surface area contributed by atoms with E-state index in [-0.39, 0.29) is 24.0 Å². The van der Waals surface area contributed by atoms with Crippen molar-refractivity contribution in [2.45, 2.75) is 63.5 Å². The van der Waals surface area contributed by atoms with E-state index in [0.29, 0.717) is 18.1 Å². The van der Waals surface area contributed by atoms with Gasteiger partial charge in [0.05, 0.1) is 6.10 Å². The van der Waals surface area contributed by atoms with Crippen LogP contribution in [0.5, 0.6) is 0 Å². The number of rotatable bonds is 6. The number of nitrogens with one attached hydrogen (secondary N) is 1. The van der Waals surface area contributed by atoms with Gasteiger partial charge in [-0.25, -0.2) is 0 Å². The Labute approximate surface area is 145 Å². The van der Waals surface area contributed by atoms with Gasteiger partial charge in [-0.15, -0.1) is 24.0 Å². The second kappa shape index (κ2) is 11.5. The molecule has 5 nitrogen and oxygen atoms in total. The number of aliphatic imine (C=N–C) groups is 1. The van der Waals surface area contributed by atoms with E-state index in [1.807, 2.05) is 0 Å². The molecule has 0 aromatic heterocycles. The van der Waals surface area contributed by atoms with Crippen molar-refractivity contribution in [1.82, 2.24) is 5.32 Å². The average Bonchev–Trinajstić information content (AvgIpc) is 2.49. The maximum Gasteiger partial charge on any atom is 0.188 e. The van der Waals surface area contributed by atoms with Gasteiger partial charge in [-0.1, -0.05) is 19.3 Å². The fourth-order valence-electron chi connectivity index (χ4n) is 2.86. The fourth-order valence-corrected chi connectivity index (χ4v) is 2.86. The predicted octanol–water partition coefficient (Wildman–Crippen LogP) is 2.43. The molecule has 6 heteroatoms. The van der Waals surface area contributed by atoms with Gasteiger partial charge in [-0.2, -0.15) is 0 Å². The Bertz CT molecular complexity index is 291. The smallest absolute Gasteiger partial charge is 0.188 e. The van der Waals surface area contributed by atoms with Crippen LogP contribution in [0.1, 0.15) is 51.4 Å². The Morgan fingerprint density at radius 1 is 1.14 bits per heavy atom. The van der Waals surface area contributed by atoms with Gasteiger partial charge >= 0.3 is 0 Å². The molecule has 0 spiro atoms. The van der Waals surface area contributed by atoms with Gasteiger partial charge < -0.3 is 20.5 Å². The summed E-state index contributed by atoms with van der Waals surface area (Å²) < 4.78 is 11.1. The molecule has 124 valence electrons. The highest BCUT2D eigenvalue weighted by Crippen LogP contribution is 2.17. The van der Waals surface area contributed by atoms with E-state index in [1.54, 1.807) is 0 Å². The third-order valence-corrected chi connectivity index (χ3v) is 4.06. The first kappa shape index (κ1) is 19.0. The van der Waals surface area contributed by atoms with E-state index in [9.17, 15) is 0 Å². The lowest BCUT2D eigenvalue weighted by Gasteiger charge is -2.23. The molecule has 0 radical (unpaired) electrons. The molecule has 1 saturated carbocycles. The number of halogens is 1. The first-order valence-electron chi connectivity index (χ1n) is 8.10. The van der Waals surface area contributed by atoms with Gasteiger partial charge in [0.15, 0.2) is 5.96 Å². The van der Waals surface area contributed by atoms with Crippen LogP contribution in [0.25, 0.3) is 0 Å². The Morgan fingerprint density at radius 2 is 1.86 bits per heavy atom. The molecule has 21 heavy (non-hydrogen) atoms. The summed E-state index contributed by atoms with van der Waals surface area (Å²) in [5.41, 5.74) is 5.91. The summed E-state index contributed by atoms with van der Waals surface area (Å²) in [6.07, 6.45) is 9.79. The zero-order chi connectivity index (χ0) is 14.0. The highest BCUT2D eigenvalue weighted by Gasteiger charge is 2.14. The molecule has 1 heterocycles. The molecule has 1 aliphatic heterocycles. The molecule has 3 N–H and O–H groups in total. The minimum Gasteiger partial charge on any atom is -0.381 e. The molecule has 0 bridgehead atoms. The lowest BCUT2D eigenvalue weighted by molar-refractivity contribution is -0.0318. The fraction of sp³-hybridized carbons (Fsp3) is 0.933. The zero-order valence-corrected chi connectivity index (χ0v) is 15.2. The van der Waals surface area contributed by atoms with E-state index < -0.39 is 0 Å². The number of guanidine groups is 1. The second-order valence-corrected chi connectivity index (χ2v) is 5.78. The summed E-state index contributed by atoms with van der Waals surface area (Å²) in [5.74, 6) is 0.600. The second-order valence-electron chi connectivity index (χ2n) is 5.78. The van der Waals surface area contributed by atoms with Crippen molar-refractivity contribution in [3.63, 3.8) is 0 Å². The number of nitrogens with two attached hydrogens (primary N) is 1. The van der Waals surface area contributed by atoms with Crippen molar-refractivity contribution in [2.24, 2.45) is 10.7 Å². The van der Waals surface area contributed by atoms with E-state index in [1.165, 1.54) is 32.1 Å². The normalized spacial score (nSPS) is 21.8. The largest absolute Gasteiger partial charge is 0.381 e. The summed E-state index contributed by atoms with van der Waals surface area (Å²) in [4.78, 5) is 4.38. The molecule has 0 unspecified atom stereocenters. The maximum absolute atomic E-state index is 5.91. The van der Waals surface area contributed by atoms with Gasteiger partial charge in [0, 0.05) is 32.4 Å². The van der Waals surface area contributed by atoms with Crippen LogP contribution in [0.4, 0.5) is 0 Å². The third-order valence-electron chi connectivity index (χ3n) is 4.06. The minimum absolute atomic E-state index is 0. The van der Waals surface area contributed by atoms with E-state index in [0.717, 1.165) is 45.6 Å². The molecule has 1 saturated heterocycles. The molecular weight excluding hydrogens is 381 g/mol. The lowest BCUT2D eigenvalue weighted by Crippen LogP contribution is -2.41. The zero-order valence-electron chi connectivity index (χ0n) is 12.9. The van der Waals surface area contributed by atoms with Crippen LogP contribution in [-0.2, 0) is 9.47 Å². The van der Waals surface area contributed by atoms with Crippen molar-refractivity contribution in [2.75, 3.05) is 26.4 Å². The van der Waals surface area contributed by atoms with Crippen LogP contribution in [0.3, 0.4) is 0 Å². The van der Waals surface area contributed by atoms with Crippen LogP contribution in [0.15, 0.2) is 4.99 Å². The van der Waals surface area contributed by atoms with Crippen LogP contribution in [-0.4, -0.2) is 44.5 Å². The van der Waals surface area contributed by atoms with Crippen molar-refractivity contribution >= 4 is 29.9 Å². The van der Waals surface area contributed by atoms with Crippen LogP contribution < -0.4 is 11.1 Å². The van der Waals surface area contributed by atoms with Gasteiger partial charge in [-0.3, -0.25) is 4.99 Å². The number of hydrogen-bond acceptors (Lipinski definition) is 3. The number of ether oxygens (including phenoxy) is 2. The molecular formula is C15H30IN3O2. The van der Waals surface area contributed by atoms with Crippen molar-refractivity contribution in [1.29, 1.82) is 0 Å². The average molecular weight is 411 g/mol. The molecule has 0 aromatic carbocycles. The minimum atomic E-state index is 0. The summed E-state index contributed by atoms with van der Waals surface area (Å²) in [6.45, 7) is 3.18. The van der Waals surface area contributed by atoms with E-state index in [2.05, 4.69) is 10.3 Å². The summed E-state index contributed by atoms with van der Waals surface area (Å²) in [6, 6.07) is 0.533. The lowest BCUT2D eigenvalue weighted by atomic mass is 9.96. The molecule has 2 rings (SSSR count). The Kier molecular flexibility index (Phi) is 10.4. The third kappa shape index (κ3) is 8.21.